The number of aliphatic hydroxyl groups excluding tert-OH is 1. The van der Waals surface area contributed by atoms with E-state index in [0.717, 1.165) is 52.8 Å². The van der Waals surface area contributed by atoms with E-state index >= 15 is 0 Å². The van der Waals surface area contributed by atoms with E-state index in [-0.39, 0.29) is 11.6 Å². The van der Waals surface area contributed by atoms with Gasteiger partial charge in [-0.25, -0.2) is 4.98 Å². The van der Waals surface area contributed by atoms with Crippen molar-refractivity contribution in [3.8, 4) is 0 Å². The molecule has 0 radical (unpaired) electrons. The van der Waals surface area contributed by atoms with Crippen molar-refractivity contribution in [2.24, 2.45) is 0 Å². The first-order valence-electron chi connectivity index (χ1n) is 7.24. The summed E-state index contributed by atoms with van der Waals surface area (Å²) in [4.78, 5) is 19.1. The van der Waals surface area contributed by atoms with Gasteiger partial charge in [0.2, 0.25) is 0 Å². The summed E-state index contributed by atoms with van der Waals surface area (Å²) >= 11 is 1.57. The van der Waals surface area contributed by atoms with Crippen molar-refractivity contribution in [1.82, 2.24) is 9.55 Å². The van der Waals surface area contributed by atoms with Gasteiger partial charge in [-0.3, -0.25) is 9.36 Å². The van der Waals surface area contributed by atoms with E-state index in [1.807, 2.05) is 13.8 Å². The number of thiophene rings is 1. The van der Waals surface area contributed by atoms with Gasteiger partial charge in [0.05, 0.1) is 23.9 Å². The fraction of sp³-hybridized carbons (Fsp3) is 0.600. The summed E-state index contributed by atoms with van der Waals surface area (Å²) in [7, 11) is 0. The minimum Gasteiger partial charge on any atom is -0.391 e. The Kier molecular flexibility index (Phi) is 3.65. The Morgan fingerprint density at radius 1 is 1.30 bits per heavy atom. The Labute approximate surface area is 122 Å². The van der Waals surface area contributed by atoms with Gasteiger partial charge in [0.25, 0.3) is 5.56 Å². The molecule has 2 aromatic heterocycles. The summed E-state index contributed by atoms with van der Waals surface area (Å²) in [6.45, 7) is 4.00. The van der Waals surface area contributed by atoms with Gasteiger partial charge in [0, 0.05) is 4.88 Å². The molecule has 1 N–H and O–H groups in total. The van der Waals surface area contributed by atoms with E-state index in [1.54, 1.807) is 22.2 Å². The van der Waals surface area contributed by atoms with Crippen molar-refractivity contribution in [3.05, 3.63) is 27.1 Å². The maximum Gasteiger partial charge on any atom is 0.262 e. The molecule has 0 spiro atoms. The summed E-state index contributed by atoms with van der Waals surface area (Å²) in [5.74, 6) is 0. The first-order valence-corrected chi connectivity index (χ1v) is 8.06. The van der Waals surface area contributed by atoms with E-state index in [0.29, 0.717) is 0 Å². The molecule has 0 bridgehead atoms. The van der Waals surface area contributed by atoms with Gasteiger partial charge in [0.15, 0.2) is 0 Å². The molecule has 2 atom stereocenters. The fourth-order valence-electron chi connectivity index (χ4n) is 3.08. The third-order valence-corrected chi connectivity index (χ3v) is 5.53. The van der Waals surface area contributed by atoms with Gasteiger partial charge in [-0.2, -0.15) is 0 Å². The lowest BCUT2D eigenvalue weighted by Crippen LogP contribution is -2.32. The van der Waals surface area contributed by atoms with E-state index < -0.39 is 6.10 Å². The van der Waals surface area contributed by atoms with Gasteiger partial charge < -0.3 is 5.11 Å². The van der Waals surface area contributed by atoms with Crippen LogP contribution >= 0.6 is 11.3 Å². The zero-order chi connectivity index (χ0) is 14.3. The fourth-order valence-corrected chi connectivity index (χ4v) is 4.06. The SMILES string of the molecule is Cc1sc2ncn(C3CCCCCC3O)c(=O)c2c1C. The monoisotopic (exact) mass is 292 g/mol. The Hall–Kier alpha value is -1.20. The largest absolute Gasteiger partial charge is 0.391 e. The highest BCUT2D eigenvalue weighted by atomic mass is 32.1. The molecule has 2 unspecified atom stereocenters. The molecule has 0 amide bonds. The van der Waals surface area contributed by atoms with Crippen LogP contribution in [0.25, 0.3) is 10.2 Å². The molecule has 0 saturated heterocycles. The quantitative estimate of drug-likeness (QED) is 0.822. The summed E-state index contributed by atoms with van der Waals surface area (Å²) in [6, 6.07) is -0.124. The second-order valence-corrected chi connectivity index (χ2v) is 6.90. The van der Waals surface area contributed by atoms with Crippen LogP contribution in [-0.2, 0) is 0 Å². The number of aromatic nitrogens is 2. The van der Waals surface area contributed by atoms with Crippen LogP contribution in [0.5, 0.6) is 0 Å². The average molecular weight is 292 g/mol. The van der Waals surface area contributed by atoms with Gasteiger partial charge >= 0.3 is 0 Å². The zero-order valence-corrected chi connectivity index (χ0v) is 12.7. The molecule has 1 saturated carbocycles. The molecule has 20 heavy (non-hydrogen) atoms. The van der Waals surface area contributed by atoms with Crippen molar-refractivity contribution in [3.63, 3.8) is 0 Å². The number of aliphatic hydroxyl groups is 1. The summed E-state index contributed by atoms with van der Waals surface area (Å²) in [6.07, 6.45) is 6.06. The van der Waals surface area contributed by atoms with Crippen molar-refractivity contribution in [2.45, 2.75) is 58.1 Å². The van der Waals surface area contributed by atoms with Crippen LogP contribution in [0.15, 0.2) is 11.1 Å². The standard InChI is InChI=1S/C15H20N2O2S/c1-9-10(2)20-14-13(9)15(19)17(8-16-14)11-6-4-3-5-7-12(11)18/h8,11-12,18H,3-7H2,1-2H3. The Balaban J connectivity index is 2.14. The first-order chi connectivity index (χ1) is 9.59. The van der Waals surface area contributed by atoms with Gasteiger partial charge in [-0.1, -0.05) is 19.3 Å². The highest BCUT2D eigenvalue weighted by Crippen LogP contribution is 2.29. The van der Waals surface area contributed by atoms with Crippen LogP contribution in [0.4, 0.5) is 0 Å². The van der Waals surface area contributed by atoms with Crippen LogP contribution in [0.1, 0.15) is 48.6 Å². The molecular weight excluding hydrogens is 272 g/mol. The van der Waals surface area contributed by atoms with E-state index in [4.69, 9.17) is 0 Å². The highest BCUT2D eigenvalue weighted by molar-refractivity contribution is 7.18. The van der Waals surface area contributed by atoms with E-state index in [2.05, 4.69) is 4.98 Å². The van der Waals surface area contributed by atoms with Crippen molar-refractivity contribution < 1.29 is 5.11 Å². The molecule has 3 rings (SSSR count). The minimum absolute atomic E-state index is 0.00259. The maximum atomic E-state index is 12.7. The van der Waals surface area contributed by atoms with Gasteiger partial charge in [-0.15, -0.1) is 11.3 Å². The lowest BCUT2D eigenvalue weighted by Gasteiger charge is -2.22. The summed E-state index contributed by atoms with van der Waals surface area (Å²) in [5.41, 5.74) is 1.03. The molecule has 1 fully saturated rings. The topological polar surface area (TPSA) is 55.1 Å². The van der Waals surface area contributed by atoms with Crippen LogP contribution in [-0.4, -0.2) is 20.8 Å². The zero-order valence-electron chi connectivity index (χ0n) is 11.9. The van der Waals surface area contributed by atoms with Crippen LogP contribution in [0, 0.1) is 13.8 Å². The van der Waals surface area contributed by atoms with Crippen LogP contribution in [0.3, 0.4) is 0 Å². The van der Waals surface area contributed by atoms with Gasteiger partial charge in [0.1, 0.15) is 4.83 Å². The lowest BCUT2D eigenvalue weighted by molar-refractivity contribution is 0.103. The second kappa shape index (κ2) is 5.30. The Morgan fingerprint density at radius 2 is 2.05 bits per heavy atom. The summed E-state index contributed by atoms with van der Waals surface area (Å²) in [5, 5.41) is 11.0. The number of fused-ring (bicyclic) bond motifs is 1. The first kappa shape index (κ1) is 13.8. The molecule has 0 aliphatic heterocycles. The van der Waals surface area contributed by atoms with Crippen molar-refractivity contribution in [2.75, 3.05) is 0 Å². The predicted octanol–water partition coefficient (Wildman–Crippen LogP) is 2.94. The number of hydrogen-bond acceptors (Lipinski definition) is 4. The maximum absolute atomic E-state index is 12.7. The predicted molar refractivity (Wildman–Crippen MR) is 81.5 cm³/mol. The van der Waals surface area contributed by atoms with Crippen LogP contribution < -0.4 is 5.56 Å². The number of nitrogens with zero attached hydrogens (tertiary/aromatic N) is 2. The molecular formula is C15H20N2O2S. The lowest BCUT2D eigenvalue weighted by atomic mass is 10.1. The Bertz CT molecular complexity index is 689. The number of aryl methyl sites for hydroxylation is 2. The molecule has 0 aromatic carbocycles. The molecule has 5 heteroatoms. The molecule has 4 nitrogen and oxygen atoms in total. The molecule has 108 valence electrons. The highest BCUT2D eigenvalue weighted by Gasteiger charge is 2.25. The van der Waals surface area contributed by atoms with E-state index in [1.165, 1.54) is 0 Å². The second-order valence-electron chi connectivity index (χ2n) is 5.69. The minimum atomic E-state index is -0.436. The Morgan fingerprint density at radius 3 is 2.85 bits per heavy atom. The smallest absolute Gasteiger partial charge is 0.262 e. The molecule has 1 aliphatic carbocycles. The third-order valence-electron chi connectivity index (χ3n) is 4.42. The molecule has 2 heterocycles. The van der Waals surface area contributed by atoms with Crippen molar-refractivity contribution in [1.29, 1.82) is 0 Å². The van der Waals surface area contributed by atoms with Crippen molar-refractivity contribution >= 4 is 21.6 Å². The summed E-state index contributed by atoms with van der Waals surface area (Å²) < 4.78 is 1.66. The number of hydrogen-bond donors (Lipinski definition) is 1. The number of rotatable bonds is 1. The molecule has 2 aromatic rings. The normalized spacial score (nSPS) is 23.9. The third kappa shape index (κ3) is 2.19. The molecule has 1 aliphatic rings. The van der Waals surface area contributed by atoms with E-state index in [9.17, 15) is 9.90 Å². The van der Waals surface area contributed by atoms with Gasteiger partial charge in [-0.05, 0) is 32.3 Å². The van der Waals surface area contributed by atoms with Crippen LogP contribution in [0.2, 0.25) is 0 Å². The average Bonchev–Trinajstić information content (AvgIpc) is 2.59.